The van der Waals surface area contributed by atoms with Crippen LogP contribution in [0.15, 0.2) is 218 Å². The van der Waals surface area contributed by atoms with Gasteiger partial charge in [0.05, 0.1) is 90.1 Å². The molecule has 7 nitrogen and oxygen atoms in total. The first-order valence-electron chi connectivity index (χ1n) is 31.3. The number of nitriles is 3. The third kappa shape index (κ3) is 8.84. The van der Waals surface area contributed by atoms with Crippen LogP contribution in [0.3, 0.4) is 0 Å². The van der Waals surface area contributed by atoms with Crippen molar-refractivity contribution in [2.45, 2.75) is 61.6 Å². The van der Waals surface area contributed by atoms with Crippen LogP contribution in [0.25, 0.3) is 132 Å². The molecule has 4 aromatic heterocycles. The number of rotatable bonds is 6. The van der Waals surface area contributed by atoms with Crippen molar-refractivity contribution >= 4 is 87.2 Å². The maximum atomic E-state index is 16.2. The van der Waals surface area contributed by atoms with E-state index in [1.165, 1.54) is 43.8 Å². The van der Waals surface area contributed by atoms with E-state index in [9.17, 15) is 15.8 Å². The Bertz CT molecular complexity index is 5820. The highest BCUT2D eigenvalue weighted by atomic mass is 19.4. The van der Waals surface area contributed by atoms with Crippen LogP contribution in [0, 0.1) is 89.4 Å². The number of aryl methyl sites for hydroxylation is 8. The van der Waals surface area contributed by atoms with Gasteiger partial charge in [0.2, 0.25) is 0 Å². The van der Waals surface area contributed by atoms with E-state index in [4.69, 9.17) is 0 Å². The third-order valence-corrected chi connectivity index (χ3v) is 19.2. The van der Waals surface area contributed by atoms with Gasteiger partial charge in [-0.25, -0.2) is 0 Å². The van der Waals surface area contributed by atoms with Crippen LogP contribution in [0.1, 0.15) is 66.8 Å². The summed E-state index contributed by atoms with van der Waals surface area (Å²) in [4.78, 5) is 0. The van der Waals surface area contributed by atoms with E-state index >= 15 is 13.2 Å². The Balaban J connectivity index is 0.000000155. The molecule has 4 heterocycles. The van der Waals surface area contributed by atoms with Gasteiger partial charge in [0.1, 0.15) is 17.2 Å². The second kappa shape index (κ2) is 22.2. The first-order chi connectivity index (χ1) is 45.5. The molecule has 0 amide bonds. The number of hydrogen-bond donors (Lipinski definition) is 0. The standard InChI is InChI=1S/C42H30F3N3.C42H30N4/c1-24-10-5-16-31-36(24)37-25(2)11-6-17-32(37)47(31)35-21-20-30(29-15-9-14-28(22-29)23-46)41(40(35)42(43,44)45)48-33-18-7-12-26(3)38(33)39-27(4)13-8-19-34(39)48;1-25-10-5-16-34-38(25)39-26(2)11-6-17-35(39)45(34)33-21-20-31(30-15-9-14-29(22-30)23-43)42(32(33)24-44)46-36-18-7-12-27(3)40(36)41-28(4)13-8-19-37(41)46/h5-22H,1-4H3;5-22H,1-4H3. The van der Waals surface area contributed by atoms with E-state index in [2.05, 4.69) is 140 Å². The summed E-state index contributed by atoms with van der Waals surface area (Å²) in [5, 5.41) is 39.3. The number of aromatic nitrogens is 4. The van der Waals surface area contributed by atoms with Crippen molar-refractivity contribution in [3.8, 4) is 63.2 Å². The summed E-state index contributed by atoms with van der Waals surface area (Å²) in [6.45, 7) is 16.6. The molecule has 0 atom stereocenters. The monoisotopic (exact) mass is 1220 g/mol. The lowest BCUT2D eigenvalue weighted by atomic mass is 9.96. The molecule has 452 valence electrons. The van der Waals surface area contributed by atoms with Gasteiger partial charge in [-0.05, 0) is 196 Å². The minimum absolute atomic E-state index is 0.0293. The second-order valence-electron chi connectivity index (χ2n) is 24.8. The summed E-state index contributed by atoms with van der Waals surface area (Å²) < 4.78 is 56.6. The average molecular weight is 1220 g/mol. The summed E-state index contributed by atoms with van der Waals surface area (Å²) in [5.74, 6) is 0. The Morgan fingerprint density at radius 2 is 0.553 bits per heavy atom. The van der Waals surface area contributed by atoms with Crippen LogP contribution in [0.4, 0.5) is 13.2 Å². The molecular weight excluding hydrogens is 1160 g/mol. The van der Waals surface area contributed by atoms with Crippen molar-refractivity contribution in [1.29, 1.82) is 15.8 Å². The minimum atomic E-state index is -4.76. The van der Waals surface area contributed by atoms with Crippen molar-refractivity contribution in [2.24, 2.45) is 0 Å². The van der Waals surface area contributed by atoms with Gasteiger partial charge >= 0.3 is 6.18 Å². The van der Waals surface area contributed by atoms with Crippen LogP contribution < -0.4 is 0 Å². The fourth-order valence-electron chi connectivity index (χ4n) is 15.2. The highest BCUT2D eigenvalue weighted by molar-refractivity contribution is 6.17. The molecule has 12 aromatic carbocycles. The lowest BCUT2D eigenvalue weighted by Gasteiger charge is -2.24. The zero-order chi connectivity index (χ0) is 65.2. The summed E-state index contributed by atoms with van der Waals surface area (Å²) in [6, 6.07) is 78.0. The zero-order valence-electron chi connectivity index (χ0n) is 53.0. The first-order valence-corrected chi connectivity index (χ1v) is 31.3. The van der Waals surface area contributed by atoms with Gasteiger partial charge in [-0.1, -0.05) is 133 Å². The van der Waals surface area contributed by atoms with Gasteiger partial charge in [-0.15, -0.1) is 0 Å². The number of hydrogen-bond acceptors (Lipinski definition) is 3. The summed E-state index contributed by atoms with van der Waals surface area (Å²) in [5.41, 5.74) is 21.0. The van der Waals surface area contributed by atoms with Crippen LogP contribution in [-0.2, 0) is 6.18 Å². The molecule has 16 aromatic rings. The molecule has 16 rings (SSSR count). The van der Waals surface area contributed by atoms with Crippen molar-refractivity contribution in [1.82, 2.24) is 18.3 Å². The maximum absolute atomic E-state index is 16.2. The predicted octanol–water partition coefficient (Wildman–Crippen LogP) is 22.2. The fraction of sp³-hybridized carbons (Fsp3) is 0.107. The molecule has 0 aliphatic carbocycles. The fourth-order valence-corrected chi connectivity index (χ4v) is 15.2. The van der Waals surface area contributed by atoms with E-state index < -0.39 is 11.7 Å². The molecule has 0 N–H and O–H groups in total. The largest absolute Gasteiger partial charge is 0.420 e. The molecule has 0 fully saturated rings. The Morgan fingerprint density at radius 1 is 0.287 bits per heavy atom. The quantitative estimate of drug-likeness (QED) is 0.166. The SMILES string of the molecule is Cc1cccc2c1c1c(C)cccc1n2-c1ccc(-c2cccc(C#N)c2)c(-n2c3cccc(C)c3c3c(C)cccc32)c1C#N.Cc1cccc2c1c1c(C)cccc1n2-c1ccc(-c2cccc(C#N)c2)c(-n2c3cccc(C)c3c3c(C)cccc32)c1C(F)(F)F. The Kier molecular flexibility index (Phi) is 13.8. The molecule has 10 heteroatoms. The second-order valence-corrected chi connectivity index (χ2v) is 24.8. The van der Waals surface area contributed by atoms with E-state index in [-0.39, 0.29) is 11.4 Å². The highest BCUT2D eigenvalue weighted by Crippen LogP contribution is 2.50. The smallest absolute Gasteiger partial charge is 0.309 e. The van der Waals surface area contributed by atoms with Crippen LogP contribution in [0.5, 0.6) is 0 Å². The van der Waals surface area contributed by atoms with Crippen molar-refractivity contribution < 1.29 is 13.2 Å². The highest BCUT2D eigenvalue weighted by Gasteiger charge is 2.41. The topological polar surface area (TPSA) is 91.1 Å². The van der Waals surface area contributed by atoms with Crippen LogP contribution >= 0.6 is 0 Å². The summed E-state index contributed by atoms with van der Waals surface area (Å²) >= 11 is 0. The van der Waals surface area contributed by atoms with Gasteiger partial charge in [0, 0.05) is 54.2 Å². The Labute approximate surface area is 541 Å². The van der Waals surface area contributed by atoms with E-state index in [1.54, 1.807) is 45.5 Å². The van der Waals surface area contributed by atoms with Crippen molar-refractivity contribution in [3.63, 3.8) is 0 Å². The molecule has 0 bridgehead atoms. The molecule has 0 unspecified atom stereocenters. The Morgan fingerprint density at radius 3 is 0.851 bits per heavy atom. The number of alkyl halides is 3. The lowest BCUT2D eigenvalue weighted by Crippen LogP contribution is -2.17. The maximum Gasteiger partial charge on any atom is 0.420 e. The van der Waals surface area contributed by atoms with Crippen molar-refractivity contribution in [2.75, 3.05) is 0 Å². The molecule has 94 heavy (non-hydrogen) atoms. The minimum Gasteiger partial charge on any atom is -0.309 e. The van der Waals surface area contributed by atoms with E-state index in [1.807, 2.05) is 125 Å². The van der Waals surface area contributed by atoms with Gasteiger partial charge in [0.25, 0.3) is 0 Å². The number of fused-ring (bicyclic) bond motifs is 12. The van der Waals surface area contributed by atoms with Gasteiger partial charge in [-0.2, -0.15) is 29.0 Å². The molecule has 0 saturated carbocycles. The number of halogens is 3. The number of benzene rings is 12. The van der Waals surface area contributed by atoms with Crippen LogP contribution in [0.2, 0.25) is 0 Å². The molecule has 0 aliphatic heterocycles. The molecule has 0 saturated heterocycles. The molecule has 0 radical (unpaired) electrons. The summed E-state index contributed by atoms with van der Waals surface area (Å²) in [7, 11) is 0. The predicted molar refractivity (Wildman–Crippen MR) is 378 cm³/mol. The molecular formula is C84H60F3N7. The molecule has 0 spiro atoms. The third-order valence-electron chi connectivity index (χ3n) is 19.2. The van der Waals surface area contributed by atoms with E-state index in [0.29, 0.717) is 49.9 Å². The van der Waals surface area contributed by atoms with Crippen LogP contribution in [-0.4, -0.2) is 18.3 Å². The number of nitrogens with zero attached hydrogens (tertiary/aromatic N) is 7. The van der Waals surface area contributed by atoms with Crippen molar-refractivity contribution in [3.05, 3.63) is 285 Å². The normalized spacial score (nSPS) is 11.7. The Hall–Kier alpha value is -11.9. The van der Waals surface area contributed by atoms with Gasteiger partial charge < -0.3 is 18.3 Å². The average Bonchev–Trinajstić information content (AvgIpc) is 1.52. The molecule has 0 aliphatic rings. The van der Waals surface area contributed by atoms with Gasteiger partial charge in [-0.3, -0.25) is 0 Å². The first kappa shape index (κ1) is 58.5. The lowest BCUT2D eigenvalue weighted by molar-refractivity contribution is -0.137. The summed E-state index contributed by atoms with van der Waals surface area (Å²) in [6.07, 6.45) is -4.76. The zero-order valence-corrected chi connectivity index (χ0v) is 53.0. The van der Waals surface area contributed by atoms with E-state index in [0.717, 1.165) is 88.4 Å². The van der Waals surface area contributed by atoms with Gasteiger partial charge in [0.15, 0.2) is 0 Å².